The van der Waals surface area contributed by atoms with Gasteiger partial charge in [-0.1, -0.05) is 12.1 Å². The van der Waals surface area contributed by atoms with Gasteiger partial charge in [0, 0.05) is 19.3 Å². The quantitative estimate of drug-likeness (QED) is 0.632. The molecule has 0 spiro atoms. The van der Waals surface area contributed by atoms with Gasteiger partial charge in [-0.2, -0.15) is 0 Å². The zero-order valence-electron chi connectivity index (χ0n) is 15.0. The predicted molar refractivity (Wildman–Crippen MR) is 98.8 cm³/mol. The van der Waals surface area contributed by atoms with Crippen molar-refractivity contribution >= 4 is 21.6 Å². The van der Waals surface area contributed by atoms with Crippen LogP contribution in [0, 0.1) is 5.82 Å². The van der Waals surface area contributed by atoms with Gasteiger partial charge in [-0.15, -0.1) is 0 Å². The molecule has 2 aromatic carbocycles. The third-order valence-electron chi connectivity index (χ3n) is 3.61. The summed E-state index contributed by atoms with van der Waals surface area (Å²) in [6.45, 7) is 0.846. The minimum atomic E-state index is -4.04. The highest BCUT2D eigenvalue weighted by molar-refractivity contribution is 7.92. The number of sulfonamides is 1. The standard InChI is InChI=1S/C18H21FN2O5S/c1-25-10-9-20-18(22)11-13-3-6-15(7-4-13)21-27(23,24)17-12-14(19)5-8-16(17)26-2/h3-8,12,21H,9-11H2,1-2H3,(H,20,22). The van der Waals surface area contributed by atoms with Crippen LogP contribution in [0.4, 0.5) is 10.1 Å². The lowest BCUT2D eigenvalue weighted by atomic mass is 10.1. The van der Waals surface area contributed by atoms with Crippen LogP contribution < -0.4 is 14.8 Å². The fourth-order valence-electron chi connectivity index (χ4n) is 2.30. The molecule has 0 radical (unpaired) electrons. The number of amides is 1. The summed E-state index contributed by atoms with van der Waals surface area (Å²) in [6, 6.07) is 9.58. The summed E-state index contributed by atoms with van der Waals surface area (Å²) in [5.41, 5.74) is 1.00. The fourth-order valence-corrected chi connectivity index (χ4v) is 3.54. The molecule has 146 valence electrons. The van der Waals surface area contributed by atoms with Gasteiger partial charge in [0.1, 0.15) is 16.5 Å². The Kier molecular flexibility index (Phi) is 7.14. The molecule has 0 bridgehead atoms. The average molecular weight is 396 g/mol. The lowest BCUT2D eigenvalue weighted by Crippen LogP contribution is -2.28. The van der Waals surface area contributed by atoms with Crippen LogP contribution in [-0.2, 0) is 26.0 Å². The number of benzene rings is 2. The summed E-state index contributed by atoms with van der Waals surface area (Å²) in [5.74, 6) is -0.816. The monoisotopic (exact) mass is 396 g/mol. The van der Waals surface area contributed by atoms with Gasteiger partial charge in [0.2, 0.25) is 5.91 Å². The summed E-state index contributed by atoms with van der Waals surface area (Å²) in [7, 11) is -1.19. The molecule has 0 fully saturated rings. The molecule has 2 N–H and O–H groups in total. The van der Waals surface area contributed by atoms with Crippen LogP contribution in [-0.4, -0.2) is 41.7 Å². The van der Waals surface area contributed by atoms with Crippen molar-refractivity contribution in [3.8, 4) is 5.75 Å². The van der Waals surface area contributed by atoms with Crippen molar-refractivity contribution in [2.24, 2.45) is 0 Å². The van der Waals surface area contributed by atoms with Crippen LogP contribution in [0.15, 0.2) is 47.4 Å². The van der Waals surface area contributed by atoms with Gasteiger partial charge in [0.05, 0.1) is 20.1 Å². The Hall–Kier alpha value is -2.65. The normalized spacial score (nSPS) is 11.1. The first-order chi connectivity index (χ1) is 12.9. The molecule has 0 saturated heterocycles. The van der Waals surface area contributed by atoms with Crippen LogP contribution in [0.2, 0.25) is 0 Å². The SMILES string of the molecule is COCCNC(=O)Cc1ccc(NS(=O)(=O)c2cc(F)ccc2OC)cc1. The number of carbonyl (C=O) groups is 1. The number of methoxy groups -OCH3 is 2. The topological polar surface area (TPSA) is 93.7 Å². The number of hydrogen-bond donors (Lipinski definition) is 2. The zero-order chi connectivity index (χ0) is 19.9. The van der Waals surface area contributed by atoms with Crippen LogP contribution >= 0.6 is 0 Å². The third-order valence-corrected chi connectivity index (χ3v) is 5.02. The van der Waals surface area contributed by atoms with Crippen molar-refractivity contribution in [1.29, 1.82) is 0 Å². The maximum atomic E-state index is 13.4. The number of carbonyl (C=O) groups excluding carboxylic acids is 1. The van der Waals surface area contributed by atoms with E-state index >= 15 is 0 Å². The smallest absolute Gasteiger partial charge is 0.265 e. The maximum absolute atomic E-state index is 13.4. The van der Waals surface area contributed by atoms with E-state index in [0.29, 0.717) is 13.2 Å². The molecule has 27 heavy (non-hydrogen) atoms. The van der Waals surface area contributed by atoms with Gasteiger partial charge in [0.25, 0.3) is 10.0 Å². The van der Waals surface area contributed by atoms with E-state index in [-0.39, 0.29) is 28.7 Å². The molecule has 0 aliphatic rings. The molecule has 7 nitrogen and oxygen atoms in total. The van der Waals surface area contributed by atoms with E-state index in [1.54, 1.807) is 19.2 Å². The molecule has 0 aliphatic carbocycles. The van der Waals surface area contributed by atoms with Crippen molar-refractivity contribution in [1.82, 2.24) is 5.32 Å². The largest absolute Gasteiger partial charge is 0.495 e. The first-order valence-electron chi connectivity index (χ1n) is 8.06. The van der Waals surface area contributed by atoms with Crippen LogP contribution in [0.25, 0.3) is 0 Å². The number of anilines is 1. The number of rotatable bonds is 9. The molecule has 0 saturated carbocycles. The Morgan fingerprint density at radius 2 is 1.81 bits per heavy atom. The second-order valence-corrected chi connectivity index (χ2v) is 7.27. The summed E-state index contributed by atoms with van der Waals surface area (Å²) in [6.07, 6.45) is 0.161. The molecule has 0 aliphatic heterocycles. The van der Waals surface area contributed by atoms with Crippen molar-refractivity contribution in [2.75, 3.05) is 32.1 Å². The molecule has 9 heteroatoms. The number of nitrogens with one attached hydrogen (secondary N) is 2. The molecule has 0 atom stereocenters. The van der Waals surface area contributed by atoms with E-state index in [0.717, 1.165) is 17.7 Å². The second-order valence-electron chi connectivity index (χ2n) is 5.62. The van der Waals surface area contributed by atoms with Gasteiger partial charge in [-0.05, 0) is 35.9 Å². The summed E-state index contributed by atoms with van der Waals surface area (Å²) >= 11 is 0. The summed E-state index contributed by atoms with van der Waals surface area (Å²) < 4.78 is 50.7. The Morgan fingerprint density at radius 3 is 2.44 bits per heavy atom. The molecule has 2 aromatic rings. The minimum Gasteiger partial charge on any atom is -0.495 e. The fraction of sp³-hybridized carbons (Fsp3) is 0.278. The van der Waals surface area contributed by atoms with Crippen LogP contribution in [0.3, 0.4) is 0 Å². The zero-order valence-corrected chi connectivity index (χ0v) is 15.8. The molecule has 0 unspecified atom stereocenters. The molecule has 0 heterocycles. The van der Waals surface area contributed by atoms with Gasteiger partial charge in [-0.3, -0.25) is 9.52 Å². The van der Waals surface area contributed by atoms with Crippen molar-refractivity contribution in [2.45, 2.75) is 11.3 Å². The number of ether oxygens (including phenoxy) is 2. The highest BCUT2D eigenvalue weighted by Crippen LogP contribution is 2.26. The van der Waals surface area contributed by atoms with Gasteiger partial charge >= 0.3 is 0 Å². The molecular formula is C18H21FN2O5S. The predicted octanol–water partition coefficient (Wildman–Crippen LogP) is 1.94. The summed E-state index contributed by atoms with van der Waals surface area (Å²) in [4.78, 5) is 11.5. The second kappa shape index (κ2) is 9.33. The number of halogens is 1. The van der Waals surface area contributed by atoms with Crippen LogP contribution in [0.5, 0.6) is 5.75 Å². The van der Waals surface area contributed by atoms with Crippen molar-refractivity contribution in [3.63, 3.8) is 0 Å². The van der Waals surface area contributed by atoms with E-state index in [9.17, 15) is 17.6 Å². The van der Waals surface area contributed by atoms with Gasteiger partial charge < -0.3 is 14.8 Å². The minimum absolute atomic E-state index is 0.0354. The first kappa shape index (κ1) is 20.7. The van der Waals surface area contributed by atoms with E-state index < -0.39 is 15.8 Å². The van der Waals surface area contributed by atoms with Gasteiger partial charge in [-0.25, -0.2) is 12.8 Å². The molecule has 0 aromatic heterocycles. The lowest BCUT2D eigenvalue weighted by molar-refractivity contribution is -0.120. The molecule has 1 amide bonds. The molecule has 2 rings (SSSR count). The van der Waals surface area contributed by atoms with Crippen molar-refractivity contribution in [3.05, 3.63) is 53.8 Å². The Bertz CT molecular complexity index is 885. The van der Waals surface area contributed by atoms with Crippen molar-refractivity contribution < 1.29 is 27.1 Å². The maximum Gasteiger partial charge on any atom is 0.265 e. The van der Waals surface area contributed by atoms with Crippen LogP contribution in [0.1, 0.15) is 5.56 Å². The highest BCUT2D eigenvalue weighted by atomic mass is 32.2. The first-order valence-corrected chi connectivity index (χ1v) is 9.55. The average Bonchev–Trinajstić information content (AvgIpc) is 2.63. The van der Waals surface area contributed by atoms with E-state index in [2.05, 4.69) is 10.0 Å². The molecular weight excluding hydrogens is 375 g/mol. The Labute approximate surface area is 157 Å². The Morgan fingerprint density at radius 1 is 1.11 bits per heavy atom. The van der Waals surface area contributed by atoms with Gasteiger partial charge in [0.15, 0.2) is 0 Å². The van der Waals surface area contributed by atoms with E-state index in [1.807, 2.05) is 0 Å². The summed E-state index contributed by atoms with van der Waals surface area (Å²) in [5, 5.41) is 2.70. The Balaban J connectivity index is 2.07. The highest BCUT2D eigenvalue weighted by Gasteiger charge is 2.20. The number of hydrogen-bond acceptors (Lipinski definition) is 5. The van der Waals surface area contributed by atoms with E-state index in [1.165, 1.54) is 25.3 Å². The third kappa shape index (κ3) is 5.93. The van der Waals surface area contributed by atoms with E-state index in [4.69, 9.17) is 9.47 Å². The lowest BCUT2D eigenvalue weighted by Gasteiger charge is -2.12.